The Morgan fingerprint density at radius 2 is 1.97 bits per heavy atom. The van der Waals surface area contributed by atoms with Crippen LogP contribution in [0.2, 0.25) is 0 Å². The van der Waals surface area contributed by atoms with E-state index >= 15 is 0 Å². The van der Waals surface area contributed by atoms with E-state index in [1.807, 2.05) is 31.2 Å². The van der Waals surface area contributed by atoms with Gasteiger partial charge < -0.3 is 9.72 Å². The molecule has 152 valence electrons. The van der Waals surface area contributed by atoms with Gasteiger partial charge in [-0.1, -0.05) is 30.0 Å². The standard InChI is InChI=1S/C20H23N5O3S/c1-6-28-19(27)16-12(3)17(21-13(16)4)18(26)14(5)29-20-22-23-24-25(20)15-10-8-7-9-11(15)2/h7-10,14,21H,6H2,1-5H3. The molecule has 2 aromatic heterocycles. The number of nitrogens with one attached hydrogen (secondary N) is 1. The zero-order valence-corrected chi connectivity index (χ0v) is 17.8. The number of aromatic nitrogens is 5. The lowest BCUT2D eigenvalue weighted by Crippen LogP contribution is -2.16. The number of carbonyl (C=O) groups is 2. The summed E-state index contributed by atoms with van der Waals surface area (Å²) in [5.74, 6) is -0.563. The van der Waals surface area contributed by atoms with Crippen molar-refractivity contribution in [3.63, 3.8) is 0 Å². The molecule has 0 radical (unpaired) electrons. The number of hydrogen-bond donors (Lipinski definition) is 1. The predicted octanol–water partition coefficient (Wildman–Crippen LogP) is 3.46. The molecule has 9 heteroatoms. The number of ether oxygens (including phenoxy) is 1. The molecule has 0 amide bonds. The molecular weight excluding hydrogens is 390 g/mol. The van der Waals surface area contributed by atoms with E-state index in [1.165, 1.54) is 11.8 Å². The Kier molecular flexibility index (Phi) is 6.17. The number of H-pyrrole nitrogens is 1. The molecule has 2 heterocycles. The zero-order valence-electron chi connectivity index (χ0n) is 17.0. The Hall–Kier alpha value is -2.94. The maximum absolute atomic E-state index is 13.1. The lowest BCUT2D eigenvalue weighted by atomic mass is 10.1. The van der Waals surface area contributed by atoms with Gasteiger partial charge in [-0.3, -0.25) is 4.79 Å². The van der Waals surface area contributed by atoms with Crippen molar-refractivity contribution in [1.82, 2.24) is 25.2 Å². The van der Waals surface area contributed by atoms with Crippen LogP contribution in [-0.4, -0.2) is 48.8 Å². The molecule has 0 aliphatic rings. The van der Waals surface area contributed by atoms with Gasteiger partial charge in [-0.15, -0.1) is 5.10 Å². The third-order valence-corrected chi connectivity index (χ3v) is 5.63. The molecule has 1 N–H and O–H groups in total. The highest BCUT2D eigenvalue weighted by atomic mass is 32.2. The van der Waals surface area contributed by atoms with Crippen LogP contribution in [0.25, 0.3) is 5.69 Å². The monoisotopic (exact) mass is 413 g/mol. The van der Waals surface area contributed by atoms with Crippen LogP contribution in [0.15, 0.2) is 29.4 Å². The molecule has 1 aromatic carbocycles. The normalized spacial score (nSPS) is 12.0. The number of Topliss-reactive ketones (excluding diaryl/α,β-unsaturated/α-hetero) is 1. The van der Waals surface area contributed by atoms with Crippen LogP contribution < -0.4 is 0 Å². The van der Waals surface area contributed by atoms with Crippen molar-refractivity contribution in [2.75, 3.05) is 6.61 Å². The van der Waals surface area contributed by atoms with Gasteiger partial charge in [-0.25, -0.2) is 4.79 Å². The van der Waals surface area contributed by atoms with Crippen LogP contribution in [0.1, 0.15) is 51.5 Å². The largest absolute Gasteiger partial charge is 0.462 e. The SMILES string of the molecule is CCOC(=O)c1c(C)[nH]c(C(=O)C(C)Sc2nnnn2-c2ccccc2C)c1C. The van der Waals surface area contributed by atoms with Gasteiger partial charge in [0.05, 0.1) is 28.8 Å². The minimum absolute atomic E-state index is 0.134. The fourth-order valence-corrected chi connectivity index (χ4v) is 3.98. The van der Waals surface area contributed by atoms with Crippen LogP contribution in [-0.2, 0) is 4.74 Å². The molecule has 0 bridgehead atoms. The van der Waals surface area contributed by atoms with Gasteiger partial charge in [-0.05, 0) is 62.2 Å². The van der Waals surface area contributed by atoms with Gasteiger partial charge in [0.2, 0.25) is 5.16 Å². The van der Waals surface area contributed by atoms with Gasteiger partial charge in [0.1, 0.15) is 0 Å². The van der Waals surface area contributed by atoms with E-state index in [4.69, 9.17) is 4.74 Å². The molecule has 0 saturated carbocycles. The van der Waals surface area contributed by atoms with Crippen molar-refractivity contribution in [3.05, 3.63) is 52.3 Å². The second-order valence-electron chi connectivity index (χ2n) is 6.63. The number of carbonyl (C=O) groups excluding carboxylic acids is 2. The number of hydrogen-bond acceptors (Lipinski definition) is 7. The van der Waals surface area contributed by atoms with Crippen LogP contribution >= 0.6 is 11.8 Å². The number of aromatic amines is 1. The molecule has 0 fully saturated rings. The van der Waals surface area contributed by atoms with E-state index in [-0.39, 0.29) is 12.4 Å². The summed E-state index contributed by atoms with van der Waals surface area (Å²) in [6, 6.07) is 7.75. The second kappa shape index (κ2) is 8.60. The van der Waals surface area contributed by atoms with E-state index in [1.54, 1.807) is 32.4 Å². The first kappa shape index (κ1) is 20.8. The van der Waals surface area contributed by atoms with E-state index in [0.717, 1.165) is 11.3 Å². The molecule has 0 aliphatic heterocycles. The maximum atomic E-state index is 13.1. The summed E-state index contributed by atoms with van der Waals surface area (Å²) in [5.41, 5.74) is 3.91. The highest BCUT2D eigenvalue weighted by Gasteiger charge is 2.27. The fraction of sp³-hybridized carbons (Fsp3) is 0.350. The number of nitrogens with zero attached hydrogens (tertiary/aromatic N) is 4. The average molecular weight is 414 g/mol. The third kappa shape index (κ3) is 4.09. The topological polar surface area (TPSA) is 103 Å². The Labute approximate surface area is 173 Å². The van der Waals surface area contributed by atoms with E-state index in [2.05, 4.69) is 20.5 Å². The molecule has 8 nitrogen and oxygen atoms in total. The van der Waals surface area contributed by atoms with Gasteiger partial charge in [0.15, 0.2) is 5.78 Å². The molecule has 0 saturated heterocycles. The first-order chi connectivity index (χ1) is 13.8. The lowest BCUT2D eigenvalue weighted by molar-refractivity contribution is 0.0525. The summed E-state index contributed by atoms with van der Waals surface area (Å²) < 4.78 is 6.72. The summed E-state index contributed by atoms with van der Waals surface area (Å²) in [5, 5.41) is 12.0. The lowest BCUT2D eigenvalue weighted by Gasteiger charge is -2.11. The Balaban J connectivity index is 1.85. The Bertz CT molecular complexity index is 1060. The number of esters is 1. The van der Waals surface area contributed by atoms with E-state index in [0.29, 0.717) is 27.7 Å². The smallest absolute Gasteiger partial charge is 0.340 e. The number of tetrazole rings is 1. The number of rotatable bonds is 7. The third-order valence-electron chi connectivity index (χ3n) is 4.60. The van der Waals surface area contributed by atoms with Gasteiger partial charge in [-0.2, -0.15) is 4.68 Å². The van der Waals surface area contributed by atoms with Crippen LogP contribution in [0.5, 0.6) is 0 Å². The molecule has 0 spiro atoms. The molecule has 1 atom stereocenters. The first-order valence-corrected chi connectivity index (χ1v) is 10.1. The Morgan fingerprint density at radius 3 is 2.66 bits per heavy atom. The minimum Gasteiger partial charge on any atom is -0.462 e. The Morgan fingerprint density at radius 1 is 1.24 bits per heavy atom. The average Bonchev–Trinajstić information content (AvgIpc) is 3.25. The fourth-order valence-electron chi connectivity index (χ4n) is 3.13. The van der Waals surface area contributed by atoms with Crippen molar-refractivity contribution in [3.8, 4) is 5.69 Å². The number of aryl methyl sites for hydroxylation is 2. The highest BCUT2D eigenvalue weighted by molar-refractivity contribution is 8.00. The van der Waals surface area contributed by atoms with Crippen molar-refractivity contribution >= 4 is 23.5 Å². The van der Waals surface area contributed by atoms with Crippen LogP contribution in [0.4, 0.5) is 0 Å². The molecular formula is C20H23N5O3S. The predicted molar refractivity (Wildman–Crippen MR) is 110 cm³/mol. The van der Waals surface area contributed by atoms with E-state index in [9.17, 15) is 9.59 Å². The van der Waals surface area contributed by atoms with Gasteiger partial charge in [0.25, 0.3) is 0 Å². The summed E-state index contributed by atoms with van der Waals surface area (Å²) >= 11 is 1.27. The molecule has 0 aliphatic carbocycles. The second-order valence-corrected chi connectivity index (χ2v) is 7.94. The van der Waals surface area contributed by atoms with Gasteiger partial charge in [0, 0.05) is 5.69 Å². The number of benzene rings is 1. The quantitative estimate of drug-likeness (QED) is 0.359. The van der Waals surface area contributed by atoms with Gasteiger partial charge >= 0.3 is 5.97 Å². The van der Waals surface area contributed by atoms with Crippen LogP contribution in [0.3, 0.4) is 0 Å². The van der Waals surface area contributed by atoms with Crippen molar-refractivity contribution in [1.29, 1.82) is 0 Å². The van der Waals surface area contributed by atoms with Crippen molar-refractivity contribution in [2.45, 2.75) is 45.0 Å². The van der Waals surface area contributed by atoms with E-state index < -0.39 is 11.2 Å². The molecule has 3 rings (SSSR count). The maximum Gasteiger partial charge on any atom is 0.340 e. The summed E-state index contributed by atoms with van der Waals surface area (Å²) in [6.07, 6.45) is 0. The highest BCUT2D eigenvalue weighted by Crippen LogP contribution is 2.28. The number of ketones is 1. The zero-order chi connectivity index (χ0) is 21.1. The first-order valence-electron chi connectivity index (χ1n) is 9.26. The molecule has 1 unspecified atom stereocenters. The molecule has 3 aromatic rings. The summed E-state index contributed by atoms with van der Waals surface area (Å²) in [6.45, 7) is 9.30. The minimum atomic E-state index is -0.462. The number of thioether (sulfide) groups is 1. The summed E-state index contributed by atoms with van der Waals surface area (Å²) in [7, 11) is 0. The van der Waals surface area contributed by atoms with Crippen molar-refractivity contribution < 1.29 is 14.3 Å². The summed E-state index contributed by atoms with van der Waals surface area (Å²) in [4.78, 5) is 28.3. The van der Waals surface area contributed by atoms with Crippen LogP contribution in [0, 0.1) is 20.8 Å². The number of para-hydroxylation sites is 1. The molecule has 29 heavy (non-hydrogen) atoms. The van der Waals surface area contributed by atoms with Crippen molar-refractivity contribution in [2.24, 2.45) is 0 Å².